The van der Waals surface area contributed by atoms with Crippen molar-refractivity contribution >= 4 is 37.6 Å². The maximum Gasteiger partial charge on any atom is 0.147 e. The lowest BCUT2D eigenvalue weighted by atomic mass is 9.99. The highest BCUT2D eigenvalue weighted by Crippen LogP contribution is 2.41. The van der Waals surface area contributed by atoms with Crippen LogP contribution in [-0.4, -0.2) is 34.2 Å². The van der Waals surface area contributed by atoms with Gasteiger partial charge in [0, 0.05) is 24.2 Å². The fourth-order valence-electron chi connectivity index (χ4n) is 4.47. The molecule has 3 aromatic rings. The minimum atomic E-state index is 0.296. The van der Waals surface area contributed by atoms with Gasteiger partial charge < -0.3 is 10.1 Å². The highest BCUT2D eigenvalue weighted by atomic mass is 32.1. The number of nitrogens with zero attached hydrogens (tertiary/aromatic N) is 3. The molecule has 1 aliphatic carbocycles. The number of rotatable bonds is 5. The lowest BCUT2D eigenvalue weighted by molar-refractivity contribution is 0.120. The highest BCUT2D eigenvalue weighted by molar-refractivity contribution is 7.26. The predicted molar refractivity (Wildman–Crippen MR) is 111 cm³/mol. The summed E-state index contributed by atoms with van der Waals surface area (Å²) in [4.78, 5) is 15.4. The maximum absolute atomic E-state index is 5.74. The molecule has 4 heterocycles. The number of pyridine rings is 1. The summed E-state index contributed by atoms with van der Waals surface area (Å²) in [6, 6.07) is 0. The summed E-state index contributed by atoms with van der Waals surface area (Å²) in [7, 11) is 0. The number of anilines is 1. The quantitative estimate of drug-likeness (QED) is 0.703. The summed E-state index contributed by atoms with van der Waals surface area (Å²) in [5.41, 5.74) is 5.36. The van der Waals surface area contributed by atoms with Gasteiger partial charge in [-0.1, -0.05) is 13.8 Å². The van der Waals surface area contributed by atoms with Crippen molar-refractivity contribution in [2.75, 3.05) is 18.5 Å². The number of ether oxygens (including phenoxy) is 1. The summed E-state index contributed by atoms with van der Waals surface area (Å²) >= 11 is 1.74. The monoisotopic (exact) mass is 382 g/mol. The molecule has 2 aliphatic rings. The second-order valence-electron chi connectivity index (χ2n) is 8.17. The van der Waals surface area contributed by atoms with E-state index >= 15 is 0 Å². The van der Waals surface area contributed by atoms with Crippen LogP contribution in [-0.2, 0) is 24.0 Å². The van der Waals surface area contributed by atoms with Gasteiger partial charge in [0.05, 0.1) is 16.3 Å². The molecule has 3 aromatic heterocycles. The molecule has 6 heteroatoms. The van der Waals surface area contributed by atoms with E-state index in [1.807, 2.05) is 0 Å². The molecule has 1 unspecified atom stereocenters. The van der Waals surface area contributed by atoms with Crippen LogP contribution in [0.4, 0.5) is 5.82 Å². The molecule has 1 N–H and O–H groups in total. The Morgan fingerprint density at radius 2 is 2.11 bits per heavy atom. The molecule has 5 nitrogen and oxygen atoms in total. The molecular weight excluding hydrogens is 356 g/mol. The number of aryl methyl sites for hydroxylation is 1. The zero-order valence-electron chi connectivity index (χ0n) is 16.0. The molecule has 1 fully saturated rings. The van der Waals surface area contributed by atoms with E-state index in [2.05, 4.69) is 29.1 Å². The van der Waals surface area contributed by atoms with E-state index in [1.54, 1.807) is 17.7 Å². The Morgan fingerprint density at radius 3 is 2.93 bits per heavy atom. The van der Waals surface area contributed by atoms with Gasteiger partial charge in [-0.2, -0.15) is 0 Å². The first-order valence-corrected chi connectivity index (χ1v) is 11.0. The molecule has 1 aliphatic heterocycles. The van der Waals surface area contributed by atoms with Crippen LogP contribution in [0.25, 0.3) is 20.4 Å². The molecule has 1 saturated heterocycles. The zero-order valence-corrected chi connectivity index (χ0v) is 16.9. The van der Waals surface area contributed by atoms with Gasteiger partial charge in [0.15, 0.2) is 0 Å². The van der Waals surface area contributed by atoms with Crippen LogP contribution < -0.4 is 5.32 Å². The molecule has 0 radical (unpaired) electrons. The molecule has 27 heavy (non-hydrogen) atoms. The molecule has 0 saturated carbocycles. The van der Waals surface area contributed by atoms with Crippen LogP contribution in [0.15, 0.2) is 6.33 Å². The average molecular weight is 383 g/mol. The Kier molecular flexibility index (Phi) is 4.48. The van der Waals surface area contributed by atoms with Gasteiger partial charge in [-0.3, -0.25) is 0 Å². The molecule has 0 amide bonds. The first-order valence-electron chi connectivity index (χ1n) is 10.1. The van der Waals surface area contributed by atoms with Crippen LogP contribution in [0, 0.1) is 5.92 Å². The van der Waals surface area contributed by atoms with Gasteiger partial charge in [-0.25, -0.2) is 15.0 Å². The van der Waals surface area contributed by atoms with Gasteiger partial charge in [-0.05, 0) is 55.6 Å². The van der Waals surface area contributed by atoms with E-state index in [9.17, 15) is 0 Å². The third-order valence-electron chi connectivity index (χ3n) is 5.68. The SMILES string of the molecule is CC(C)Cc1nc2sc3c(NCC4CCCO4)ncnc3c2c2c1CCC2. The molecule has 0 spiro atoms. The lowest BCUT2D eigenvalue weighted by Crippen LogP contribution is -2.18. The number of aromatic nitrogens is 3. The van der Waals surface area contributed by atoms with Crippen molar-refractivity contribution in [3.8, 4) is 0 Å². The molecule has 1 atom stereocenters. The third-order valence-corrected chi connectivity index (χ3v) is 6.76. The molecule has 142 valence electrons. The summed E-state index contributed by atoms with van der Waals surface area (Å²) < 4.78 is 6.88. The van der Waals surface area contributed by atoms with E-state index in [1.165, 1.54) is 28.6 Å². The summed E-state index contributed by atoms with van der Waals surface area (Å²) in [5, 5.41) is 4.79. The first kappa shape index (κ1) is 17.3. The standard InChI is InChI=1S/C21H26N4OS/c1-12(2)9-16-14-6-3-7-15(14)17-18-19(27-21(17)25-16)20(24-11-23-18)22-10-13-5-4-8-26-13/h11-13H,3-10H2,1-2H3,(H,22,23,24). The predicted octanol–water partition coefficient (Wildman–Crippen LogP) is 4.52. The Labute approximate surface area is 163 Å². The number of nitrogens with one attached hydrogen (secondary N) is 1. The Bertz CT molecular complexity index is 991. The van der Waals surface area contributed by atoms with Crippen LogP contribution in [0.2, 0.25) is 0 Å². The number of hydrogen-bond acceptors (Lipinski definition) is 6. The smallest absolute Gasteiger partial charge is 0.147 e. The summed E-state index contributed by atoms with van der Waals surface area (Å²) in [6.07, 6.45) is 8.86. The average Bonchev–Trinajstić information content (AvgIpc) is 3.37. The minimum absolute atomic E-state index is 0.296. The second kappa shape index (κ2) is 6.99. The fraction of sp³-hybridized carbons (Fsp3) is 0.571. The topological polar surface area (TPSA) is 59.9 Å². The van der Waals surface area contributed by atoms with Crippen molar-refractivity contribution in [2.24, 2.45) is 5.92 Å². The van der Waals surface area contributed by atoms with Gasteiger partial charge in [0.2, 0.25) is 0 Å². The third kappa shape index (κ3) is 3.09. The van der Waals surface area contributed by atoms with Gasteiger partial charge in [0.1, 0.15) is 17.0 Å². The van der Waals surface area contributed by atoms with Crippen molar-refractivity contribution in [2.45, 2.75) is 58.5 Å². The van der Waals surface area contributed by atoms with Gasteiger partial charge in [0.25, 0.3) is 0 Å². The fourth-order valence-corrected chi connectivity index (χ4v) is 5.62. The van der Waals surface area contributed by atoms with Gasteiger partial charge in [-0.15, -0.1) is 11.3 Å². The van der Waals surface area contributed by atoms with Crippen molar-refractivity contribution in [1.29, 1.82) is 0 Å². The van der Waals surface area contributed by atoms with E-state index in [0.717, 1.165) is 66.1 Å². The molecule has 0 aromatic carbocycles. The number of thiophene rings is 1. The van der Waals surface area contributed by atoms with Crippen LogP contribution >= 0.6 is 11.3 Å². The second-order valence-corrected chi connectivity index (χ2v) is 9.16. The first-order chi connectivity index (χ1) is 13.2. The van der Waals surface area contributed by atoms with Crippen LogP contribution in [0.3, 0.4) is 0 Å². The van der Waals surface area contributed by atoms with E-state index in [4.69, 9.17) is 9.72 Å². The van der Waals surface area contributed by atoms with E-state index in [-0.39, 0.29) is 0 Å². The number of hydrogen-bond donors (Lipinski definition) is 1. The molecular formula is C21H26N4OS. The lowest BCUT2D eigenvalue weighted by Gasteiger charge is -2.11. The van der Waals surface area contributed by atoms with Crippen molar-refractivity contribution in [3.63, 3.8) is 0 Å². The largest absolute Gasteiger partial charge is 0.376 e. The maximum atomic E-state index is 5.74. The highest BCUT2D eigenvalue weighted by Gasteiger charge is 2.25. The van der Waals surface area contributed by atoms with Crippen LogP contribution in [0.1, 0.15) is 49.9 Å². The van der Waals surface area contributed by atoms with E-state index in [0.29, 0.717) is 12.0 Å². The minimum Gasteiger partial charge on any atom is -0.376 e. The van der Waals surface area contributed by atoms with Crippen LogP contribution in [0.5, 0.6) is 0 Å². The number of fused-ring (bicyclic) bond motifs is 5. The van der Waals surface area contributed by atoms with Gasteiger partial charge >= 0.3 is 0 Å². The summed E-state index contributed by atoms with van der Waals surface area (Å²) in [6.45, 7) is 6.24. The Balaban J connectivity index is 1.60. The van der Waals surface area contributed by atoms with Crippen molar-refractivity contribution < 1.29 is 4.74 Å². The Morgan fingerprint density at radius 1 is 1.22 bits per heavy atom. The molecule has 5 rings (SSSR count). The normalized spacial score (nSPS) is 19.4. The van der Waals surface area contributed by atoms with Crippen molar-refractivity contribution in [3.05, 3.63) is 23.1 Å². The van der Waals surface area contributed by atoms with E-state index < -0.39 is 0 Å². The Hall–Kier alpha value is -1.79. The molecule has 0 bridgehead atoms. The van der Waals surface area contributed by atoms with Crippen molar-refractivity contribution in [1.82, 2.24) is 15.0 Å². The summed E-state index contributed by atoms with van der Waals surface area (Å²) in [5.74, 6) is 1.55. The zero-order chi connectivity index (χ0) is 18.4.